The van der Waals surface area contributed by atoms with Gasteiger partial charge < -0.3 is 16.2 Å². The first-order valence-corrected chi connectivity index (χ1v) is 10.5. The molecule has 2 aromatic carbocycles. The molecule has 4 aromatic rings. The number of hydrogen-bond acceptors (Lipinski definition) is 7. The van der Waals surface area contributed by atoms with Gasteiger partial charge in [0.15, 0.2) is 5.13 Å². The zero-order chi connectivity index (χ0) is 21.8. The first-order valence-electron chi connectivity index (χ1n) is 9.65. The fourth-order valence-corrected chi connectivity index (χ4v) is 3.70. The highest BCUT2D eigenvalue weighted by atomic mass is 32.1. The minimum atomic E-state index is -1.05. The van der Waals surface area contributed by atoms with Gasteiger partial charge >= 0.3 is 0 Å². The van der Waals surface area contributed by atoms with Gasteiger partial charge in [0.25, 0.3) is 0 Å². The number of nitrogens with zero attached hydrogens (tertiary/aromatic N) is 3. The smallest absolute Gasteiger partial charge is 0.227 e. The Kier molecular flexibility index (Phi) is 5.67. The van der Waals surface area contributed by atoms with Crippen molar-refractivity contribution in [3.05, 3.63) is 72.4 Å². The molecule has 0 spiro atoms. The highest BCUT2D eigenvalue weighted by molar-refractivity contribution is 7.19. The minimum absolute atomic E-state index is 0.455. The molecule has 154 valence electrons. The van der Waals surface area contributed by atoms with E-state index >= 15 is 0 Å². The van der Waals surface area contributed by atoms with E-state index in [-0.39, 0.29) is 0 Å². The van der Waals surface area contributed by atoms with Gasteiger partial charge in [0, 0.05) is 23.0 Å². The standard InChI is InChI=1S/C24H21N5OS/c1-24(2,30)13-11-16-7-6-10-18(15-16)27-23-26-14-12-19(28-23)21-20(29-22(25)31-21)17-8-4-3-5-9-17/h3-10,12,14-15,30H,1-2H3,(H2,25,29)(H,26,27,28). The fourth-order valence-electron chi connectivity index (χ4n) is 2.88. The topological polar surface area (TPSA) is 97.0 Å². The van der Waals surface area contributed by atoms with Crippen LogP contribution < -0.4 is 11.1 Å². The maximum atomic E-state index is 9.81. The van der Waals surface area contributed by atoms with Crippen molar-refractivity contribution < 1.29 is 5.11 Å². The van der Waals surface area contributed by atoms with E-state index in [1.165, 1.54) is 11.3 Å². The molecule has 0 aliphatic rings. The third kappa shape index (κ3) is 5.25. The third-order valence-corrected chi connectivity index (χ3v) is 5.12. The molecule has 4 N–H and O–H groups in total. The zero-order valence-electron chi connectivity index (χ0n) is 17.1. The van der Waals surface area contributed by atoms with E-state index in [4.69, 9.17) is 5.73 Å². The van der Waals surface area contributed by atoms with Crippen LogP contribution in [0.5, 0.6) is 0 Å². The lowest BCUT2D eigenvalue weighted by molar-refractivity contribution is 0.143. The number of nitrogens with one attached hydrogen (secondary N) is 1. The van der Waals surface area contributed by atoms with E-state index in [2.05, 4.69) is 32.1 Å². The largest absolute Gasteiger partial charge is 0.378 e. The van der Waals surface area contributed by atoms with Crippen LogP contribution in [0.3, 0.4) is 0 Å². The highest BCUT2D eigenvalue weighted by Gasteiger charge is 2.15. The first kappa shape index (κ1) is 20.5. The number of benzene rings is 2. The van der Waals surface area contributed by atoms with Crippen LogP contribution in [0.25, 0.3) is 21.8 Å². The number of aliphatic hydroxyl groups is 1. The SMILES string of the molecule is CC(C)(O)C#Cc1cccc(Nc2nccc(-c3sc(N)nc3-c3ccccc3)n2)c1. The Balaban J connectivity index is 1.63. The van der Waals surface area contributed by atoms with Crippen molar-refractivity contribution in [1.82, 2.24) is 15.0 Å². The van der Waals surface area contributed by atoms with E-state index in [1.807, 2.05) is 60.7 Å². The van der Waals surface area contributed by atoms with Gasteiger partial charge in [0.1, 0.15) is 5.60 Å². The van der Waals surface area contributed by atoms with E-state index in [0.717, 1.165) is 33.1 Å². The van der Waals surface area contributed by atoms with Crippen molar-refractivity contribution in [3.8, 4) is 33.7 Å². The molecule has 0 saturated carbocycles. The lowest BCUT2D eigenvalue weighted by Gasteiger charge is -2.08. The Morgan fingerprint density at radius 1 is 1.03 bits per heavy atom. The Hall–Kier alpha value is -3.73. The summed E-state index contributed by atoms with van der Waals surface area (Å²) in [5, 5.41) is 13.5. The molecule has 7 heteroatoms. The van der Waals surface area contributed by atoms with Gasteiger partial charge in [0.05, 0.1) is 16.3 Å². The molecule has 0 amide bonds. The summed E-state index contributed by atoms with van der Waals surface area (Å²) in [6, 6.07) is 19.3. The summed E-state index contributed by atoms with van der Waals surface area (Å²) < 4.78 is 0. The van der Waals surface area contributed by atoms with Crippen molar-refractivity contribution in [3.63, 3.8) is 0 Å². The fraction of sp³-hybridized carbons (Fsp3) is 0.125. The zero-order valence-corrected chi connectivity index (χ0v) is 17.9. The number of thiazole rings is 1. The van der Waals surface area contributed by atoms with Gasteiger partial charge in [-0.2, -0.15) is 0 Å². The third-order valence-electron chi connectivity index (χ3n) is 4.21. The van der Waals surface area contributed by atoms with E-state index in [9.17, 15) is 5.11 Å². The number of anilines is 3. The van der Waals surface area contributed by atoms with Gasteiger partial charge in [-0.05, 0) is 38.1 Å². The van der Waals surface area contributed by atoms with Gasteiger partial charge in [-0.25, -0.2) is 15.0 Å². The lowest BCUT2D eigenvalue weighted by atomic mass is 10.1. The average Bonchev–Trinajstić information content (AvgIpc) is 3.15. The highest BCUT2D eigenvalue weighted by Crippen LogP contribution is 2.37. The summed E-state index contributed by atoms with van der Waals surface area (Å²) in [7, 11) is 0. The summed E-state index contributed by atoms with van der Waals surface area (Å²) in [5.41, 5.74) is 9.07. The molecular formula is C24H21N5OS. The second kappa shape index (κ2) is 8.56. The Bertz CT molecular complexity index is 1270. The quantitative estimate of drug-likeness (QED) is 0.408. The Morgan fingerprint density at radius 2 is 1.84 bits per heavy atom. The van der Waals surface area contributed by atoms with Crippen molar-refractivity contribution >= 4 is 28.1 Å². The summed E-state index contributed by atoms with van der Waals surface area (Å²) >= 11 is 1.40. The summed E-state index contributed by atoms with van der Waals surface area (Å²) in [6.45, 7) is 3.30. The molecule has 31 heavy (non-hydrogen) atoms. The monoisotopic (exact) mass is 427 g/mol. The number of hydrogen-bond donors (Lipinski definition) is 3. The molecule has 0 aliphatic heterocycles. The summed E-state index contributed by atoms with van der Waals surface area (Å²) in [4.78, 5) is 14.4. The van der Waals surface area contributed by atoms with Crippen LogP contribution in [0.2, 0.25) is 0 Å². The number of nitrogen functional groups attached to an aromatic ring is 1. The van der Waals surface area contributed by atoms with Gasteiger partial charge in [0.2, 0.25) is 5.95 Å². The van der Waals surface area contributed by atoms with Crippen LogP contribution in [0.4, 0.5) is 16.8 Å². The van der Waals surface area contributed by atoms with Crippen LogP contribution in [0.1, 0.15) is 19.4 Å². The predicted octanol–water partition coefficient (Wildman–Crippen LogP) is 4.72. The van der Waals surface area contributed by atoms with E-state index in [1.54, 1.807) is 20.0 Å². The molecule has 4 rings (SSSR count). The second-order valence-electron chi connectivity index (χ2n) is 7.38. The summed E-state index contributed by atoms with van der Waals surface area (Å²) in [6.07, 6.45) is 1.70. The summed E-state index contributed by atoms with van der Waals surface area (Å²) in [5.74, 6) is 6.24. The van der Waals surface area contributed by atoms with Gasteiger partial charge in [-0.1, -0.05) is 59.6 Å². The molecule has 6 nitrogen and oxygen atoms in total. The van der Waals surface area contributed by atoms with Crippen LogP contribution in [0, 0.1) is 11.8 Å². The van der Waals surface area contributed by atoms with Crippen molar-refractivity contribution in [2.24, 2.45) is 0 Å². The normalized spacial score (nSPS) is 10.9. The maximum absolute atomic E-state index is 9.81. The van der Waals surface area contributed by atoms with E-state index < -0.39 is 5.60 Å². The molecule has 0 aliphatic carbocycles. The molecule has 2 aromatic heterocycles. The molecule has 0 saturated heterocycles. The first-order chi connectivity index (χ1) is 14.9. The molecule has 0 fully saturated rings. The predicted molar refractivity (Wildman–Crippen MR) is 126 cm³/mol. The van der Waals surface area contributed by atoms with Crippen LogP contribution in [0.15, 0.2) is 66.9 Å². The number of nitrogens with two attached hydrogens (primary N) is 1. The molecule has 0 unspecified atom stereocenters. The lowest BCUT2D eigenvalue weighted by Crippen LogP contribution is -2.14. The van der Waals surface area contributed by atoms with Crippen LogP contribution >= 0.6 is 11.3 Å². The Morgan fingerprint density at radius 3 is 2.61 bits per heavy atom. The maximum Gasteiger partial charge on any atom is 0.227 e. The van der Waals surface area contributed by atoms with Crippen LogP contribution in [-0.2, 0) is 0 Å². The van der Waals surface area contributed by atoms with Crippen molar-refractivity contribution in [1.29, 1.82) is 0 Å². The molecule has 0 radical (unpaired) electrons. The molecular weight excluding hydrogens is 406 g/mol. The second-order valence-corrected chi connectivity index (χ2v) is 8.41. The van der Waals surface area contributed by atoms with Crippen molar-refractivity contribution in [2.75, 3.05) is 11.1 Å². The van der Waals surface area contributed by atoms with Crippen LogP contribution in [-0.4, -0.2) is 25.7 Å². The molecule has 2 heterocycles. The molecule has 0 bridgehead atoms. The number of rotatable bonds is 4. The number of aromatic nitrogens is 3. The average molecular weight is 428 g/mol. The minimum Gasteiger partial charge on any atom is -0.378 e. The van der Waals surface area contributed by atoms with Gasteiger partial charge in [-0.15, -0.1) is 0 Å². The Labute approximate surface area is 184 Å². The van der Waals surface area contributed by atoms with E-state index in [0.29, 0.717) is 11.1 Å². The molecule has 0 atom stereocenters. The van der Waals surface area contributed by atoms with Gasteiger partial charge in [-0.3, -0.25) is 0 Å². The van der Waals surface area contributed by atoms with Crippen molar-refractivity contribution in [2.45, 2.75) is 19.4 Å².